The molecule has 0 bridgehead atoms. The lowest BCUT2D eigenvalue weighted by molar-refractivity contribution is -0.151. The van der Waals surface area contributed by atoms with Crippen molar-refractivity contribution in [2.75, 3.05) is 13.1 Å². The number of rotatable bonds is 2. The molecule has 4 nitrogen and oxygen atoms in total. The molecule has 1 N–H and O–H groups in total. The van der Waals surface area contributed by atoms with Gasteiger partial charge in [-0.1, -0.05) is 0 Å². The number of carboxylic acid groups (broad SMARTS) is 1. The molecule has 1 fully saturated rings. The topological polar surface area (TPSA) is 57.6 Å². The molecular formula is C8H13NO3. The molecule has 0 aromatic rings. The van der Waals surface area contributed by atoms with Gasteiger partial charge in [-0.25, -0.2) is 0 Å². The quantitative estimate of drug-likeness (QED) is 0.609. The average Bonchev–Trinajstić information content (AvgIpc) is 2.04. The van der Waals surface area contributed by atoms with Crippen LogP contribution in [0.2, 0.25) is 0 Å². The normalized spacial score (nSPS) is 29.9. The van der Waals surface area contributed by atoms with Gasteiger partial charge in [0, 0.05) is 13.1 Å². The van der Waals surface area contributed by atoms with Gasteiger partial charge in [0.05, 0.1) is 5.41 Å². The number of carbonyl (C=O) groups excluding carboxylic acids is 1. The first-order valence-corrected chi connectivity index (χ1v) is 4.01. The summed E-state index contributed by atoms with van der Waals surface area (Å²) in [5.74, 6) is -0.811. The van der Waals surface area contributed by atoms with Crippen molar-refractivity contribution < 1.29 is 14.7 Å². The van der Waals surface area contributed by atoms with E-state index in [1.165, 1.54) is 4.90 Å². The molecule has 1 unspecified atom stereocenters. The predicted molar refractivity (Wildman–Crippen MR) is 42.6 cm³/mol. The summed E-state index contributed by atoms with van der Waals surface area (Å²) in [5, 5.41) is 8.87. The van der Waals surface area contributed by atoms with Crippen molar-refractivity contribution >= 4 is 12.4 Å². The zero-order valence-corrected chi connectivity index (χ0v) is 7.12. The van der Waals surface area contributed by atoms with E-state index in [9.17, 15) is 9.59 Å². The summed E-state index contributed by atoms with van der Waals surface area (Å²) < 4.78 is 0. The minimum atomic E-state index is -0.811. The Morgan fingerprint density at radius 1 is 1.67 bits per heavy atom. The van der Waals surface area contributed by atoms with Crippen LogP contribution in [0, 0.1) is 5.41 Å². The summed E-state index contributed by atoms with van der Waals surface area (Å²) in [6.45, 7) is 2.71. The van der Waals surface area contributed by atoms with Gasteiger partial charge in [-0.05, 0) is 19.8 Å². The van der Waals surface area contributed by atoms with Crippen LogP contribution in [0.25, 0.3) is 0 Å². The van der Waals surface area contributed by atoms with Gasteiger partial charge in [0.1, 0.15) is 0 Å². The van der Waals surface area contributed by atoms with E-state index in [2.05, 4.69) is 0 Å². The van der Waals surface area contributed by atoms with E-state index < -0.39 is 11.4 Å². The van der Waals surface area contributed by atoms with Crippen molar-refractivity contribution in [2.45, 2.75) is 19.8 Å². The summed E-state index contributed by atoms with van der Waals surface area (Å²) in [4.78, 5) is 22.7. The van der Waals surface area contributed by atoms with Gasteiger partial charge < -0.3 is 10.0 Å². The standard InChI is InChI=1S/C8H13NO3/c1-8(7(11)12)3-2-4-9(5-8)6-10/h6H,2-5H2,1H3,(H,11,12). The van der Waals surface area contributed by atoms with Crippen LogP contribution in [0.4, 0.5) is 0 Å². The highest BCUT2D eigenvalue weighted by molar-refractivity contribution is 5.75. The molecule has 1 saturated heterocycles. The monoisotopic (exact) mass is 171 g/mol. The van der Waals surface area contributed by atoms with Crippen molar-refractivity contribution in [2.24, 2.45) is 5.41 Å². The first-order valence-electron chi connectivity index (χ1n) is 4.01. The molecule has 1 rings (SSSR count). The lowest BCUT2D eigenvalue weighted by Gasteiger charge is -2.35. The van der Waals surface area contributed by atoms with Gasteiger partial charge in [-0.3, -0.25) is 9.59 Å². The zero-order valence-electron chi connectivity index (χ0n) is 7.12. The Morgan fingerprint density at radius 2 is 2.33 bits per heavy atom. The van der Waals surface area contributed by atoms with Crippen molar-refractivity contribution in [3.63, 3.8) is 0 Å². The number of hydrogen-bond donors (Lipinski definition) is 1. The molecule has 0 saturated carbocycles. The highest BCUT2D eigenvalue weighted by atomic mass is 16.4. The summed E-state index contributed by atoms with van der Waals surface area (Å²) in [5.41, 5.74) is -0.737. The first-order chi connectivity index (χ1) is 5.58. The number of piperidine rings is 1. The molecule has 1 amide bonds. The molecule has 68 valence electrons. The molecule has 1 aliphatic heterocycles. The van der Waals surface area contributed by atoms with Crippen LogP contribution >= 0.6 is 0 Å². The van der Waals surface area contributed by atoms with Gasteiger partial charge >= 0.3 is 5.97 Å². The van der Waals surface area contributed by atoms with Crippen LogP contribution in [0.5, 0.6) is 0 Å². The van der Waals surface area contributed by atoms with Crippen LogP contribution in [0.15, 0.2) is 0 Å². The molecule has 0 aromatic carbocycles. The third kappa shape index (κ3) is 1.57. The Balaban J connectivity index is 2.66. The number of aliphatic carboxylic acids is 1. The second kappa shape index (κ2) is 3.13. The molecule has 1 atom stereocenters. The van der Waals surface area contributed by atoms with Crippen LogP contribution in [-0.4, -0.2) is 35.5 Å². The Hall–Kier alpha value is -1.06. The van der Waals surface area contributed by atoms with Gasteiger partial charge in [0.15, 0.2) is 0 Å². The predicted octanol–water partition coefficient (Wildman–Crippen LogP) is 0.329. The van der Waals surface area contributed by atoms with E-state index in [0.29, 0.717) is 19.5 Å². The highest BCUT2D eigenvalue weighted by Crippen LogP contribution is 2.28. The summed E-state index contributed by atoms with van der Waals surface area (Å²) in [6, 6.07) is 0. The number of amides is 1. The van der Waals surface area contributed by atoms with E-state index in [4.69, 9.17) is 5.11 Å². The van der Waals surface area contributed by atoms with Crippen molar-refractivity contribution in [3.05, 3.63) is 0 Å². The second-order valence-corrected chi connectivity index (χ2v) is 3.55. The van der Waals surface area contributed by atoms with Crippen LogP contribution in [0.3, 0.4) is 0 Å². The Morgan fingerprint density at radius 3 is 2.83 bits per heavy atom. The minimum absolute atomic E-state index is 0.339. The van der Waals surface area contributed by atoms with Crippen LogP contribution < -0.4 is 0 Å². The molecule has 12 heavy (non-hydrogen) atoms. The number of likely N-dealkylation sites (tertiary alicyclic amines) is 1. The largest absolute Gasteiger partial charge is 0.481 e. The highest BCUT2D eigenvalue weighted by Gasteiger charge is 2.37. The molecule has 0 aliphatic carbocycles. The third-order valence-corrected chi connectivity index (χ3v) is 2.39. The lowest BCUT2D eigenvalue weighted by Crippen LogP contribution is -2.45. The molecule has 0 aromatic heterocycles. The van der Waals surface area contributed by atoms with Gasteiger partial charge in [0.2, 0.25) is 6.41 Å². The van der Waals surface area contributed by atoms with E-state index in [1.54, 1.807) is 6.92 Å². The lowest BCUT2D eigenvalue weighted by atomic mass is 9.82. The maximum absolute atomic E-state index is 10.8. The summed E-state index contributed by atoms with van der Waals surface area (Å²) in [6.07, 6.45) is 2.16. The smallest absolute Gasteiger partial charge is 0.311 e. The first kappa shape index (κ1) is 9.03. The van der Waals surface area contributed by atoms with Crippen molar-refractivity contribution in [3.8, 4) is 0 Å². The number of carboxylic acids is 1. The maximum atomic E-state index is 10.8. The van der Waals surface area contributed by atoms with Crippen molar-refractivity contribution in [1.29, 1.82) is 0 Å². The molecule has 1 aliphatic rings. The van der Waals surface area contributed by atoms with Crippen molar-refractivity contribution in [1.82, 2.24) is 4.90 Å². The third-order valence-electron chi connectivity index (χ3n) is 2.39. The summed E-state index contributed by atoms with van der Waals surface area (Å²) in [7, 11) is 0. The van der Waals surface area contributed by atoms with E-state index >= 15 is 0 Å². The van der Waals surface area contributed by atoms with Gasteiger partial charge in [-0.2, -0.15) is 0 Å². The molecular weight excluding hydrogens is 158 g/mol. The maximum Gasteiger partial charge on any atom is 0.311 e. The Bertz CT molecular complexity index is 204. The van der Waals surface area contributed by atoms with Crippen LogP contribution in [-0.2, 0) is 9.59 Å². The molecule has 4 heteroatoms. The Kier molecular flexibility index (Phi) is 2.35. The van der Waals surface area contributed by atoms with Gasteiger partial charge in [-0.15, -0.1) is 0 Å². The number of hydrogen-bond acceptors (Lipinski definition) is 2. The minimum Gasteiger partial charge on any atom is -0.481 e. The number of carbonyl (C=O) groups is 2. The van der Waals surface area contributed by atoms with Crippen LogP contribution in [0.1, 0.15) is 19.8 Å². The fourth-order valence-corrected chi connectivity index (χ4v) is 1.54. The SMILES string of the molecule is CC1(C(=O)O)CCCN(C=O)C1. The molecule has 1 heterocycles. The summed E-state index contributed by atoms with van der Waals surface area (Å²) >= 11 is 0. The molecule has 0 radical (unpaired) electrons. The fraction of sp³-hybridized carbons (Fsp3) is 0.750. The van der Waals surface area contributed by atoms with E-state index in [0.717, 1.165) is 12.8 Å². The number of nitrogens with zero attached hydrogens (tertiary/aromatic N) is 1. The average molecular weight is 171 g/mol. The Labute approximate surface area is 71.2 Å². The zero-order chi connectivity index (χ0) is 9.19. The van der Waals surface area contributed by atoms with E-state index in [1.807, 2.05) is 0 Å². The second-order valence-electron chi connectivity index (χ2n) is 3.55. The van der Waals surface area contributed by atoms with E-state index in [-0.39, 0.29) is 0 Å². The molecule has 0 spiro atoms. The van der Waals surface area contributed by atoms with Gasteiger partial charge in [0.25, 0.3) is 0 Å². The fourth-order valence-electron chi connectivity index (χ4n) is 1.54.